The van der Waals surface area contributed by atoms with Crippen molar-refractivity contribution in [3.05, 3.63) is 99.1 Å². The number of nitrogens with zero attached hydrogens (tertiary/aromatic N) is 3. The molecule has 0 atom stereocenters. The van der Waals surface area contributed by atoms with Gasteiger partial charge in [0, 0.05) is 35.2 Å². The van der Waals surface area contributed by atoms with E-state index >= 15 is 0 Å². The molecule has 1 fully saturated rings. The first-order chi connectivity index (χ1) is 16.5. The van der Waals surface area contributed by atoms with E-state index in [2.05, 4.69) is 28.8 Å². The molecule has 1 aliphatic carbocycles. The number of para-hydroxylation sites is 1. The van der Waals surface area contributed by atoms with Gasteiger partial charge in [-0.15, -0.1) is 0 Å². The van der Waals surface area contributed by atoms with Crippen LogP contribution in [0.15, 0.2) is 60.2 Å². The minimum atomic E-state index is -0.363. The van der Waals surface area contributed by atoms with E-state index in [1.807, 2.05) is 18.2 Å². The van der Waals surface area contributed by atoms with Gasteiger partial charge in [0.15, 0.2) is 0 Å². The zero-order valence-corrected chi connectivity index (χ0v) is 19.4. The van der Waals surface area contributed by atoms with Crippen LogP contribution in [0, 0.1) is 17.1 Å². The fourth-order valence-corrected chi connectivity index (χ4v) is 5.04. The highest BCUT2D eigenvalue weighted by molar-refractivity contribution is 6.34. The van der Waals surface area contributed by atoms with Crippen molar-refractivity contribution in [3.63, 3.8) is 0 Å². The van der Waals surface area contributed by atoms with Gasteiger partial charge in [-0.2, -0.15) is 5.26 Å². The van der Waals surface area contributed by atoms with Gasteiger partial charge >= 0.3 is 0 Å². The molecule has 2 aliphatic rings. The number of aromatic nitrogens is 2. The summed E-state index contributed by atoms with van der Waals surface area (Å²) in [6, 6.07) is 18.9. The number of rotatable bonds is 3. The van der Waals surface area contributed by atoms with Gasteiger partial charge in [0.2, 0.25) is 0 Å². The number of halogens is 2. The molecule has 0 radical (unpaired) electrons. The first-order valence-electron chi connectivity index (χ1n) is 11.3. The summed E-state index contributed by atoms with van der Waals surface area (Å²) in [5.41, 5.74) is 6.98. The molecule has 4 aromatic rings. The summed E-state index contributed by atoms with van der Waals surface area (Å²) in [6.07, 6.45) is 2.30. The summed E-state index contributed by atoms with van der Waals surface area (Å²) >= 11 is 6.45. The first-order valence-corrected chi connectivity index (χ1v) is 11.7. The fourth-order valence-electron chi connectivity index (χ4n) is 4.82. The Morgan fingerprint density at radius 1 is 1.18 bits per heavy atom. The lowest BCUT2D eigenvalue weighted by molar-refractivity contribution is 0.305. The highest BCUT2D eigenvalue weighted by atomic mass is 35.5. The van der Waals surface area contributed by atoms with Crippen LogP contribution in [0.2, 0.25) is 5.02 Å². The Morgan fingerprint density at radius 2 is 2.00 bits per heavy atom. The molecule has 0 amide bonds. The fraction of sp³-hybridized carbons (Fsp3) is 0.214. The van der Waals surface area contributed by atoms with E-state index in [-0.39, 0.29) is 5.82 Å². The van der Waals surface area contributed by atoms with Crippen molar-refractivity contribution >= 4 is 28.2 Å². The minimum Gasteiger partial charge on any atom is -0.488 e. The summed E-state index contributed by atoms with van der Waals surface area (Å²) in [5.74, 6) is 1.65. The summed E-state index contributed by atoms with van der Waals surface area (Å²) in [6.45, 7) is 2.75. The second-order valence-electron chi connectivity index (χ2n) is 8.97. The normalized spacial score (nSPS) is 16.3. The van der Waals surface area contributed by atoms with Gasteiger partial charge in [-0.05, 0) is 66.8 Å². The van der Waals surface area contributed by atoms with Crippen LogP contribution in [-0.2, 0) is 13.2 Å². The second-order valence-corrected chi connectivity index (χ2v) is 9.38. The van der Waals surface area contributed by atoms with Crippen LogP contribution >= 0.6 is 11.6 Å². The molecule has 4 nitrogen and oxygen atoms in total. The first kappa shape index (κ1) is 20.9. The maximum atomic E-state index is 13.9. The minimum absolute atomic E-state index is 0.299. The van der Waals surface area contributed by atoms with Gasteiger partial charge < -0.3 is 9.30 Å². The number of benzene rings is 3. The van der Waals surface area contributed by atoms with Gasteiger partial charge in [0.05, 0.1) is 16.6 Å². The predicted octanol–water partition coefficient (Wildman–Crippen LogP) is 6.99. The Bertz CT molecular complexity index is 1540. The molecule has 168 valence electrons. The van der Waals surface area contributed by atoms with Crippen molar-refractivity contribution in [1.29, 1.82) is 5.26 Å². The van der Waals surface area contributed by atoms with Crippen LogP contribution in [0.4, 0.5) is 4.39 Å². The van der Waals surface area contributed by atoms with Crippen LogP contribution in [0.5, 0.6) is 5.75 Å². The van der Waals surface area contributed by atoms with Crippen molar-refractivity contribution in [2.45, 2.75) is 38.8 Å². The molecule has 1 aliphatic heterocycles. The molecule has 0 unspecified atom stereocenters. The zero-order valence-electron chi connectivity index (χ0n) is 18.6. The monoisotopic (exact) mass is 469 g/mol. The molecular weight excluding hydrogens is 449 g/mol. The number of nitriles is 1. The van der Waals surface area contributed by atoms with Gasteiger partial charge in [0.1, 0.15) is 29.5 Å². The largest absolute Gasteiger partial charge is 0.488 e. The van der Waals surface area contributed by atoms with E-state index in [1.165, 1.54) is 12.1 Å². The van der Waals surface area contributed by atoms with E-state index in [0.29, 0.717) is 35.4 Å². The quantitative estimate of drug-likeness (QED) is 0.304. The van der Waals surface area contributed by atoms with Gasteiger partial charge in [-0.3, -0.25) is 0 Å². The molecular formula is C28H21ClFN3O. The van der Waals surface area contributed by atoms with Crippen LogP contribution in [0.25, 0.3) is 16.6 Å². The molecule has 3 aromatic carbocycles. The van der Waals surface area contributed by atoms with Crippen molar-refractivity contribution in [2.24, 2.45) is 0 Å². The molecule has 0 saturated heterocycles. The summed E-state index contributed by atoms with van der Waals surface area (Å²) in [4.78, 5) is 4.88. The second kappa shape index (κ2) is 8.00. The van der Waals surface area contributed by atoms with Gasteiger partial charge in [0.25, 0.3) is 0 Å². The van der Waals surface area contributed by atoms with Crippen molar-refractivity contribution < 1.29 is 9.13 Å². The highest BCUT2D eigenvalue weighted by Crippen LogP contribution is 2.42. The lowest BCUT2D eigenvalue weighted by Crippen LogP contribution is -2.06. The Balaban J connectivity index is 1.45. The smallest absolute Gasteiger partial charge is 0.130 e. The molecule has 6 heteroatoms. The Labute approximate surface area is 201 Å². The van der Waals surface area contributed by atoms with Crippen molar-refractivity contribution in [3.8, 4) is 11.8 Å². The Morgan fingerprint density at radius 3 is 2.79 bits per heavy atom. The average Bonchev–Trinajstić information content (AvgIpc) is 3.63. The number of allylic oxidation sites excluding steroid dienone is 1. The van der Waals surface area contributed by atoms with E-state index in [9.17, 15) is 9.65 Å². The topological polar surface area (TPSA) is 50.8 Å². The molecule has 2 heterocycles. The average molecular weight is 470 g/mol. The maximum absolute atomic E-state index is 13.9. The van der Waals surface area contributed by atoms with Crippen LogP contribution in [-0.4, -0.2) is 9.55 Å². The third-order valence-corrected chi connectivity index (χ3v) is 6.93. The number of hydrogen-bond donors (Lipinski definition) is 0. The predicted molar refractivity (Wildman–Crippen MR) is 130 cm³/mol. The molecule has 6 rings (SSSR count). The van der Waals surface area contributed by atoms with Crippen molar-refractivity contribution in [1.82, 2.24) is 9.55 Å². The van der Waals surface area contributed by atoms with Crippen molar-refractivity contribution in [2.75, 3.05) is 0 Å². The van der Waals surface area contributed by atoms with Gasteiger partial charge in [-0.1, -0.05) is 29.8 Å². The molecule has 1 aromatic heterocycles. The van der Waals surface area contributed by atoms with Crippen LogP contribution in [0.1, 0.15) is 53.8 Å². The van der Waals surface area contributed by atoms with E-state index in [1.54, 1.807) is 13.0 Å². The molecule has 0 spiro atoms. The van der Waals surface area contributed by atoms with Crippen LogP contribution < -0.4 is 4.74 Å². The van der Waals surface area contributed by atoms with E-state index in [4.69, 9.17) is 21.3 Å². The number of fused-ring (bicyclic) bond motifs is 3. The van der Waals surface area contributed by atoms with Gasteiger partial charge in [-0.25, -0.2) is 9.37 Å². The third kappa shape index (κ3) is 3.46. The molecule has 0 N–H and O–H groups in total. The zero-order chi connectivity index (χ0) is 23.4. The molecule has 0 bridgehead atoms. The third-order valence-electron chi connectivity index (χ3n) is 6.62. The molecule has 1 saturated carbocycles. The Kier molecular flexibility index (Phi) is 4.93. The lowest BCUT2D eigenvalue weighted by atomic mass is 9.90. The van der Waals surface area contributed by atoms with E-state index in [0.717, 1.165) is 57.5 Å². The Hall–Kier alpha value is -3.62. The van der Waals surface area contributed by atoms with Crippen LogP contribution in [0.3, 0.4) is 0 Å². The number of hydrogen-bond acceptors (Lipinski definition) is 3. The standard InChI is InChI=1S/C28H21ClFN3O/c1-16(13-31)26-21-9-5-17(11-19(21)15-34-25-12-20(30)8-10-22(25)26)14-33-24-4-2-3-23(29)27(24)32-28(33)18-6-7-18/h2-5,8-12,18H,6-7,14-15H2,1H3/b26-16+. The SMILES string of the molecule is C/C(C#N)=C1/c2ccc(Cn3c(C4CC4)nc4c(Cl)cccc43)cc2COc2cc(F)ccc21. The highest BCUT2D eigenvalue weighted by Gasteiger charge is 2.30. The summed E-state index contributed by atoms with van der Waals surface area (Å²) in [7, 11) is 0. The summed E-state index contributed by atoms with van der Waals surface area (Å²) < 4.78 is 22.2. The maximum Gasteiger partial charge on any atom is 0.130 e. The number of ether oxygens (including phenoxy) is 1. The summed E-state index contributed by atoms with van der Waals surface area (Å²) in [5, 5.41) is 10.3. The van der Waals surface area contributed by atoms with E-state index < -0.39 is 0 Å². The lowest BCUT2D eigenvalue weighted by Gasteiger charge is -2.14. The molecule has 34 heavy (non-hydrogen) atoms. The number of imidazole rings is 1.